The van der Waals surface area contributed by atoms with Crippen molar-refractivity contribution in [1.82, 2.24) is 16.0 Å². The lowest BCUT2D eigenvalue weighted by atomic mass is 9.90. The van der Waals surface area contributed by atoms with Crippen LogP contribution >= 0.6 is 0 Å². The fraction of sp³-hybridized carbons (Fsp3) is 0.542. The molecule has 1 saturated heterocycles. The highest BCUT2D eigenvalue weighted by Gasteiger charge is 2.36. The molecule has 1 unspecified atom stereocenters. The van der Waals surface area contributed by atoms with E-state index in [1.165, 1.54) is 18.2 Å². The average molecular weight is 547 g/mol. The molecule has 10 nitrogen and oxygen atoms in total. The normalized spacial score (nSPS) is 17.2. The Kier molecular flexibility index (Phi) is 11.2. The number of hydrogen-bond acceptors (Lipinski definition) is 6. The monoisotopic (exact) mass is 546 g/mol. The number of piperidine rings is 1. The molecular formula is C24H30F4N4O6. The van der Waals surface area contributed by atoms with Crippen molar-refractivity contribution < 1.29 is 46.3 Å². The molecule has 210 valence electrons. The predicted molar refractivity (Wildman–Crippen MR) is 126 cm³/mol. The van der Waals surface area contributed by atoms with Gasteiger partial charge in [0.2, 0.25) is 11.8 Å². The van der Waals surface area contributed by atoms with Crippen LogP contribution in [0.5, 0.6) is 0 Å². The van der Waals surface area contributed by atoms with E-state index in [1.54, 1.807) is 13.8 Å². The van der Waals surface area contributed by atoms with Crippen molar-refractivity contribution in [3.8, 4) is 0 Å². The van der Waals surface area contributed by atoms with E-state index in [1.807, 2.05) is 0 Å². The Bertz CT molecular complexity index is 1030. The molecule has 0 aliphatic carbocycles. The molecule has 0 bridgehead atoms. The van der Waals surface area contributed by atoms with Crippen LogP contribution in [0.4, 0.5) is 23.2 Å². The first-order chi connectivity index (χ1) is 17.8. The number of amides is 4. The van der Waals surface area contributed by atoms with Gasteiger partial charge in [0.15, 0.2) is 5.78 Å². The number of alkyl halides is 3. The van der Waals surface area contributed by atoms with E-state index in [9.17, 15) is 41.5 Å². The molecule has 0 saturated carbocycles. The van der Waals surface area contributed by atoms with Crippen LogP contribution in [0.2, 0.25) is 0 Å². The van der Waals surface area contributed by atoms with E-state index in [2.05, 4.69) is 26.0 Å². The van der Waals surface area contributed by atoms with Crippen molar-refractivity contribution in [1.29, 1.82) is 0 Å². The smallest absolute Gasteiger partial charge is 0.356 e. The standard InChI is InChI=1S/C24H30F4N4O6/c1-13(2)10-18(32-23(37)22(36)30-16-8-4-3-7-15(16)25)21(35)31-17(19(33)12-38-24(26,27)28)11-14-6-5-9-29-20(14)34/h3-4,7-8,13-14,17-18H,5-6,9-12H2,1-2H3,(H,29,34)(H,30,36)(H,31,35)(H,32,37)/t14-,17-,18?/m0/s1. The van der Waals surface area contributed by atoms with Gasteiger partial charge in [-0.3, -0.25) is 28.7 Å². The third kappa shape index (κ3) is 10.1. The average Bonchev–Trinajstić information content (AvgIpc) is 2.83. The largest absolute Gasteiger partial charge is 0.522 e. The molecule has 2 rings (SSSR count). The number of halogens is 4. The van der Waals surface area contributed by atoms with Crippen LogP contribution in [-0.4, -0.2) is 61.0 Å². The van der Waals surface area contributed by atoms with Crippen LogP contribution in [0.25, 0.3) is 0 Å². The molecule has 1 aromatic carbocycles. The van der Waals surface area contributed by atoms with Crippen molar-refractivity contribution in [2.24, 2.45) is 11.8 Å². The fourth-order valence-corrected chi connectivity index (χ4v) is 3.81. The molecule has 4 amide bonds. The lowest BCUT2D eigenvalue weighted by molar-refractivity contribution is -0.321. The van der Waals surface area contributed by atoms with Crippen molar-refractivity contribution in [3.05, 3.63) is 30.1 Å². The lowest BCUT2D eigenvalue weighted by Crippen LogP contribution is -2.55. The number of benzene rings is 1. The van der Waals surface area contributed by atoms with Crippen LogP contribution in [0, 0.1) is 17.7 Å². The maximum atomic E-state index is 13.8. The van der Waals surface area contributed by atoms with Gasteiger partial charge in [-0.15, -0.1) is 13.2 Å². The number of rotatable bonds is 11. The first kappa shape index (κ1) is 30.7. The van der Waals surface area contributed by atoms with E-state index < -0.39 is 66.2 Å². The second-order valence-corrected chi connectivity index (χ2v) is 9.22. The number of ether oxygens (including phenoxy) is 1. The molecule has 4 N–H and O–H groups in total. The van der Waals surface area contributed by atoms with Crippen LogP contribution in [0.1, 0.15) is 39.5 Å². The Hall–Kier alpha value is -3.55. The highest BCUT2D eigenvalue weighted by molar-refractivity contribution is 6.40. The minimum Gasteiger partial charge on any atom is -0.356 e. The number of ketones is 1. The minimum absolute atomic E-state index is 0.00553. The summed E-state index contributed by atoms with van der Waals surface area (Å²) in [5.41, 5.74) is -0.265. The summed E-state index contributed by atoms with van der Waals surface area (Å²) in [6.07, 6.45) is -4.45. The van der Waals surface area contributed by atoms with Gasteiger partial charge in [-0.2, -0.15) is 0 Å². The van der Waals surface area contributed by atoms with Gasteiger partial charge < -0.3 is 21.3 Å². The number of nitrogens with one attached hydrogen (secondary N) is 4. The third-order valence-electron chi connectivity index (χ3n) is 5.66. The van der Waals surface area contributed by atoms with Gasteiger partial charge in [-0.1, -0.05) is 26.0 Å². The van der Waals surface area contributed by atoms with Gasteiger partial charge in [0, 0.05) is 12.5 Å². The topological polar surface area (TPSA) is 143 Å². The second-order valence-electron chi connectivity index (χ2n) is 9.22. The predicted octanol–water partition coefficient (Wildman–Crippen LogP) is 1.80. The van der Waals surface area contributed by atoms with Gasteiger partial charge in [0.1, 0.15) is 18.5 Å². The number of hydrogen-bond donors (Lipinski definition) is 4. The minimum atomic E-state index is -5.09. The summed E-state index contributed by atoms with van der Waals surface area (Å²) in [5, 5.41) is 9.19. The van der Waals surface area contributed by atoms with E-state index in [4.69, 9.17) is 0 Å². The number of anilines is 1. The Morgan fingerprint density at radius 2 is 1.76 bits per heavy atom. The van der Waals surface area contributed by atoms with E-state index in [0.29, 0.717) is 19.4 Å². The van der Waals surface area contributed by atoms with Crippen molar-refractivity contribution in [2.45, 2.75) is 58.0 Å². The molecular weight excluding hydrogens is 516 g/mol. The van der Waals surface area contributed by atoms with Crippen LogP contribution in [0.3, 0.4) is 0 Å². The summed E-state index contributed by atoms with van der Waals surface area (Å²) in [5.74, 6) is -6.75. The summed E-state index contributed by atoms with van der Waals surface area (Å²) >= 11 is 0. The number of carbonyl (C=O) groups excluding carboxylic acids is 5. The van der Waals surface area contributed by atoms with Gasteiger partial charge >= 0.3 is 18.2 Å². The Morgan fingerprint density at radius 3 is 2.37 bits per heavy atom. The van der Waals surface area contributed by atoms with Crippen LogP contribution in [0.15, 0.2) is 24.3 Å². The van der Waals surface area contributed by atoms with E-state index in [0.717, 1.165) is 6.07 Å². The molecule has 1 aliphatic rings. The van der Waals surface area contributed by atoms with E-state index >= 15 is 0 Å². The Balaban J connectivity index is 2.15. The number of carbonyl (C=O) groups is 5. The molecule has 1 aromatic rings. The van der Waals surface area contributed by atoms with Crippen LogP contribution in [-0.2, 0) is 28.7 Å². The highest BCUT2D eigenvalue weighted by Crippen LogP contribution is 2.20. The van der Waals surface area contributed by atoms with Crippen molar-refractivity contribution in [2.75, 3.05) is 18.5 Å². The summed E-state index contributed by atoms with van der Waals surface area (Å²) in [6.45, 7) is 2.43. The third-order valence-corrected chi connectivity index (χ3v) is 5.66. The zero-order valence-electron chi connectivity index (χ0n) is 20.8. The van der Waals surface area contributed by atoms with E-state index in [-0.39, 0.29) is 24.4 Å². The quantitative estimate of drug-likeness (QED) is 0.246. The summed E-state index contributed by atoms with van der Waals surface area (Å²) in [7, 11) is 0. The van der Waals surface area contributed by atoms with Gasteiger partial charge in [0.25, 0.3) is 0 Å². The SMILES string of the molecule is CC(C)CC(NC(=O)C(=O)Nc1ccccc1F)C(=O)N[C@@H](C[C@@H]1CCCNC1=O)C(=O)COC(F)(F)F. The lowest BCUT2D eigenvalue weighted by Gasteiger charge is -2.28. The Labute approximate surface area is 216 Å². The second kappa shape index (κ2) is 13.8. The van der Waals surface area contributed by atoms with Crippen molar-refractivity contribution in [3.63, 3.8) is 0 Å². The highest BCUT2D eigenvalue weighted by atomic mass is 19.4. The molecule has 3 atom stereocenters. The molecule has 14 heteroatoms. The first-order valence-electron chi connectivity index (χ1n) is 11.9. The maximum absolute atomic E-state index is 13.8. The summed E-state index contributed by atoms with van der Waals surface area (Å²) in [4.78, 5) is 62.5. The maximum Gasteiger partial charge on any atom is 0.522 e. The summed E-state index contributed by atoms with van der Waals surface area (Å²) < 4.78 is 54.9. The fourth-order valence-electron chi connectivity index (χ4n) is 3.81. The summed E-state index contributed by atoms with van der Waals surface area (Å²) in [6, 6.07) is 2.19. The Morgan fingerprint density at radius 1 is 1.08 bits per heavy atom. The number of Topliss-reactive ketones (excluding diaryl/α,β-unsaturated/α-hetero) is 1. The van der Waals surface area contributed by atoms with Gasteiger partial charge in [-0.05, 0) is 43.7 Å². The van der Waals surface area contributed by atoms with Crippen molar-refractivity contribution >= 4 is 35.1 Å². The van der Waals surface area contributed by atoms with Crippen LogP contribution < -0.4 is 21.3 Å². The molecule has 0 spiro atoms. The molecule has 1 aliphatic heterocycles. The molecule has 0 aromatic heterocycles. The molecule has 38 heavy (non-hydrogen) atoms. The first-order valence-corrected chi connectivity index (χ1v) is 11.9. The zero-order valence-corrected chi connectivity index (χ0v) is 20.8. The van der Waals surface area contributed by atoms with Gasteiger partial charge in [0.05, 0.1) is 11.7 Å². The molecule has 1 fully saturated rings. The molecule has 1 heterocycles. The van der Waals surface area contributed by atoms with Gasteiger partial charge in [-0.25, -0.2) is 4.39 Å². The number of para-hydroxylation sites is 1. The zero-order chi connectivity index (χ0) is 28.5. The molecule has 0 radical (unpaired) electrons.